The van der Waals surface area contributed by atoms with Crippen LogP contribution in [0, 0.1) is 5.82 Å². The van der Waals surface area contributed by atoms with E-state index in [9.17, 15) is 22.4 Å². The molecule has 1 aromatic heterocycles. The van der Waals surface area contributed by atoms with Crippen molar-refractivity contribution in [2.24, 2.45) is 0 Å². The molecule has 8 nitrogen and oxygen atoms in total. The molecule has 1 atom stereocenters. The number of hydrogen-bond donors (Lipinski definition) is 1. The minimum Gasteiger partial charge on any atom is -0.320 e. The van der Waals surface area contributed by atoms with E-state index in [0.717, 1.165) is 25.7 Å². The Hall–Kier alpha value is -3.37. The molecule has 2 aromatic carbocycles. The zero-order valence-electron chi connectivity index (χ0n) is 18.6. The van der Waals surface area contributed by atoms with Crippen LogP contribution in [0.5, 0.6) is 0 Å². The summed E-state index contributed by atoms with van der Waals surface area (Å²) in [5.74, 6) is -1.15. The molecule has 0 radical (unpaired) electrons. The van der Waals surface area contributed by atoms with Crippen molar-refractivity contribution in [3.63, 3.8) is 0 Å². The van der Waals surface area contributed by atoms with E-state index < -0.39 is 27.2 Å². The molecule has 0 spiro atoms. The van der Waals surface area contributed by atoms with E-state index in [1.54, 1.807) is 4.31 Å². The van der Waals surface area contributed by atoms with Gasteiger partial charge in [-0.1, -0.05) is 13.3 Å². The maximum atomic E-state index is 13.2. The van der Waals surface area contributed by atoms with E-state index in [1.807, 2.05) is 6.92 Å². The highest BCUT2D eigenvalue weighted by Crippen LogP contribution is 2.27. The summed E-state index contributed by atoms with van der Waals surface area (Å²) in [5.41, 5.74) is -0.116. The van der Waals surface area contributed by atoms with Crippen molar-refractivity contribution >= 4 is 21.6 Å². The molecule has 4 rings (SSSR count). The highest BCUT2D eigenvalue weighted by atomic mass is 32.2. The molecule has 1 aliphatic rings. The van der Waals surface area contributed by atoms with E-state index in [4.69, 9.17) is 0 Å². The first kappa shape index (κ1) is 23.8. The van der Waals surface area contributed by atoms with E-state index in [1.165, 1.54) is 65.5 Å². The molecule has 2 heterocycles. The number of hydrogen-bond acceptors (Lipinski definition) is 5. The largest absolute Gasteiger partial charge is 0.320 e. The van der Waals surface area contributed by atoms with Crippen LogP contribution in [-0.2, 0) is 10.0 Å². The quantitative estimate of drug-likeness (QED) is 0.576. The van der Waals surface area contributed by atoms with Crippen LogP contribution in [-0.4, -0.2) is 41.0 Å². The molecule has 3 aromatic rings. The number of amides is 1. The molecule has 0 saturated carbocycles. The fourth-order valence-corrected chi connectivity index (χ4v) is 5.80. The lowest BCUT2D eigenvalue weighted by Gasteiger charge is -2.34. The fourth-order valence-electron chi connectivity index (χ4n) is 4.04. The van der Waals surface area contributed by atoms with E-state index in [2.05, 4.69) is 10.4 Å². The summed E-state index contributed by atoms with van der Waals surface area (Å²) < 4.78 is 42.3. The van der Waals surface area contributed by atoms with E-state index in [-0.39, 0.29) is 16.6 Å². The number of aromatic nitrogens is 2. The first-order valence-corrected chi connectivity index (χ1v) is 12.5. The van der Waals surface area contributed by atoms with E-state index >= 15 is 0 Å². The van der Waals surface area contributed by atoms with Crippen LogP contribution in [0.25, 0.3) is 5.69 Å². The molecule has 1 saturated heterocycles. The van der Waals surface area contributed by atoms with Crippen LogP contribution in [0.1, 0.15) is 43.1 Å². The highest BCUT2D eigenvalue weighted by molar-refractivity contribution is 7.89. The van der Waals surface area contributed by atoms with Gasteiger partial charge >= 0.3 is 0 Å². The minimum atomic E-state index is -3.64. The maximum Gasteiger partial charge on any atom is 0.280 e. The number of piperidine rings is 1. The second kappa shape index (κ2) is 9.86. The molecule has 1 fully saturated rings. The van der Waals surface area contributed by atoms with Gasteiger partial charge in [0.05, 0.1) is 10.6 Å². The fraction of sp³-hybridized carbons (Fsp3) is 0.292. The number of halogens is 1. The average Bonchev–Trinajstić information content (AvgIpc) is 2.85. The first-order valence-electron chi connectivity index (χ1n) is 11.1. The lowest BCUT2D eigenvalue weighted by atomic mass is 10.0. The summed E-state index contributed by atoms with van der Waals surface area (Å²) in [6.45, 7) is 2.48. The zero-order valence-corrected chi connectivity index (χ0v) is 19.5. The van der Waals surface area contributed by atoms with Gasteiger partial charge in [-0.25, -0.2) is 17.5 Å². The van der Waals surface area contributed by atoms with Crippen molar-refractivity contribution in [2.75, 3.05) is 11.9 Å². The zero-order chi connectivity index (χ0) is 24.3. The monoisotopic (exact) mass is 484 g/mol. The Balaban J connectivity index is 1.53. The summed E-state index contributed by atoms with van der Waals surface area (Å²) >= 11 is 0. The molecule has 0 bridgehead atoms. The van der Waals surface area contributed by atoms with Gasteiger partial charge < -0.3 is 5.32 Å². The molecule has 0 aliphatic carbocycles. The van der Waals surface area contributed by atoms with Gasteiger partial charge in [-0.05, 0) is 67.8 Å². The molecule has 1 N–H and O–H groups in total. The summed E-state index contributed by atoms with van der Waals surface area (Å²) in [7, 11) is -3.64. The van der Waals surface area contributed by atoms with Crippen LogP contribution < -0.4 is 10.7 Å². The van der Waals surface area contributed by atoms with Gasteiger partial charge in [0.15, 0.2) is 5.69 Å². The normalized spacial score (nSPS) is 16.8. The maximum absolute atomic E-state index is 13.2. The Morgan fingerprint density at radius 2 is 1.79 bits per heavy atom. The van der Waals surface area contributed by atoms with Crippen LogP contribution in [0.15, 0.2) is 70.5 Å². The Kier molecular flexibility index (Phi) is 6.90. The SMILES string of the molecule is CC[C@H]1CCCCN1S(=O)(=O)c1ccc(NC(=O)c2nn(-c3ccc(F)cc3)ccc2=O)cc1. The number of carbonyl (C=O) groups excluding carboxylic acids is 1. The van der Waals surface area contributed by atoms with Crippen molar-refractivity contribution in [3.8, 4) is 5.69 Å². The topological polar surface area (TPSA) is 101 Å². The number of nitrogens with one attached hydrogen (secondary N) is 1. The van der Waals surface area contributed by atoms with Crippen molar-refractivity contribution in [2.45, 2.75) is 43.5 Å². The highest BCUT2D eigenvalue weighted by Gasteiger charge is 2.32. The number of sulfonamides is 1. The summed E-state index contributed by atoms with van der Waals surface area (Å²) in [6, 6.07) is 12.5. The second-order valence-corrected chi connectivity index (χ2v) is 9.99. The standard InChI is InChI=1S/C24H25FN4O4S/c1-2-19-5-3-4-15-29(19)34(32,33)21-12-8-18(9-13-21)26-24(31)23-22(30)14-16-28(27-23)20-10-6-17(25)7-11-20/h6-14,16,19H,2-5,15H2,1H3,(H,26,31)/t19-/m0/s1. The number of nitrogens with zero attached hydrogens (tertiary/aromatic N) is 3. The number of rotatable bonds is 6. The molecule has 178 valence electrons. The number of carbonyl (C=O) groups is 1. The van der Waals surface area contributed by atoms with Crippen molar-refractivity contribution in [3.05, 3.63) is 82.5 Å². The van der Waals surface area contributed by atoms with Gasteiger partial charge in [0.25, 0.3) is 5.91 Å². The molecule has 1 aliphatic heterocycles. The van der Waals surface area contributed by atoms with Crippen LogP contribution in [0.2, 0.25) is 0 Å². The molecule has 10 heteroatoms. The Morgan fingerprint density at radius 3 is 2.47 bits per heavy atom. The third-order valence-electron chi connectivity index (χ3n) is 5.88. The smallest absolute Gasteiger partial charge is 0.280 e. The van der Waals surface area contributed by atoms with Crippen molar-refractivity contribution < 1.29 is 17.6 Å². The van der Waals surface area contributed by atoms with Crippen molar-refractivity contribution in [1.29, 1.82) is 0 Å². The van der Waals surface area contributed by atoms with Crippen molar-refractivity contribution in [1.82, 2.24) is 14.1 Å². The number of anilines is 1. The molecule has 0 unspecified atom stereocenters. The lowest BCUT2D eigenvalue weighted by Crippen LogP contribution is -2.43. The van der Waals surface area contributed by atoms with Gasteiger partial charge in [0, 0.05) is 30.5 Å². The lowest BCUT2D eigenvalue weighted by molar-refractivity contribution is 0.101. The third-order valence-corrected chi connectivity index (χ3v) is 7.84. The number of benzene rings is 2. The van der Waals surface area contributed by atoms with Crippen LogP contribution in [0.4, 0.5) is 10.1 Å². The summed E-state index contributed by atoms with van der Waals surface area (Å²) in [6.07, 6.45) is 4.85. The predicted octanol–water partition coefficient (Wildman–Crippen LogP) is 3.58. The Morgan fingerprint density at radius 1 is 1.09 bits per heavy atom. The third kappa shape index (κ3) is 4.92. The van der Waals surface area contributed by atoms with Gasteiger partial charge in [0.2, 0.25) is 15.5 Å². The van der Waals surface area contributed by atoms with Gasteiger partial charge in [-0.15, -0.1) is 0 Å². The van der Waals surface area contributed by atoms with E-state index in [0.29, 0.717) is 17.9 Å². The summed E-state index contributed by atoms with van der Waals surface area (Å²) in [5, 5.41) is 6.65. The molecule has 1 amide bonds. The van der Waals surface area contributed by atoms with Crippen LogP contribution >= 0.6 is 0 Å². The predicted molar refractivity (Wildman–Crippen MR) is 126 cm³/mol. The molecule has 34 heavy (non-hydrogen) atoms. The van der Waals surface area contributed by atoms with Gasteiger partial charge in [-0.2, -0.15) is 9.40 Å². The molecular weight excluding hydrogens is 459 g/mol. The van der Waals surface area contributed by atoms with Crippen LogP contribution in [0.3, 0.4) is 0 Å². The summed E-state index contributed by atoms with van der Waals surface area (Å²) in [4.78, 5) is 25.1. The first-order chi connectivity index (χ1) is 16.3. The van der Waals surface area contributed by atoms with Gasteiger partial charge in [-0.3, -0.25) is 9.59 Å². The molecular formula is C24H25FN4O4S. The average molecular weight is 485 g/mol. The Labute approximate surface area is 197 Å². The van der Waals surface area contributed by atoms with Gasteiger partial charge in [0.1, 0.15) is 5.82 Å². The Bertz CT molecular complexity index is 1340. The second-order valence-electron chi connectivity index (χ2n) is 8.10. The minimum absolute atomic E-state index is 0.00874.